The van der Waals surface area contributed by atoms with E-state index < -0.39 is 67.4 Å². The normalized spacial score (nSPS) is 19.9. The van der Waals surface area contributed by atoms with Crippen molar-refractivity contribution < 1.29 is 49.3 Å². The topological polar surface area (TPSA) is 175 Å². The van der Waals surface area contributed by atoms with Crippen molar-refractivity contribution in [2.24, 2.45) is 0 Å². The molecule has 74 heavy (non-hydrogen) atoms. The van der Waals surface area contributed by atoms with E-state index in [4.69, 9.17) is 14.2 Å². The molecule has 11 nitrogen and oxygen atoms in total. The van der Waals surface area contributed by atoms with Crippen LogP contribution in [0.25, 0.3) is 0 Å². The van der Waals surface area contributed by atoms with Gasteiger partial charge < -0.3 is 45.1 Å². The predicted octanol–water partition coefficient (Wildman–Crippen LogP) is 13.8. The van der Waals surface area contributed by atoms with Gasteiger partial charge in [-0.25, -0.2) is 0 Å². The number of esters is 1. The average molecular weight is 1040 g/mol. The number of ether oxygens (including phenoxy) is 3. The summed E-state index contributed by atoms with van der Waals surface area (Å²) in [4.78, 5) is 26.4. The Bertz CT molecular complexity index is 1520. The highest BCUT2D eigenvalue weighted by atomic mass is 16.7. The Morgan fingerprint density at radius 3 is 1.47 bits per heavy atom. The van der Waals surface area contributed by atoms with E-state index in [0.29, 0.717) is 12.8 Å². The number of allylic oxidation sites excluding steroid dienone is 13. The standard InChI is InChI=1S/C63H109NO10/c1-4-7-10-13-16-19-22-25-26-27-28-29-30-31-32-33-36-39-42-45-48-51-58(68)74-61-60(70)59(69)57(52-65)73-63(61)72-53-54(55(66)49-46-43-40-37-34-23-20-17-14-11-8-5-2)64-62(71)56(67)50-47-44-41-38-35-24-21-18-15-12-9-6-3/h9,12,15,18,21,24-26,35,38,41,44,46,49,54-57,59-61,63,65-67,69-70H,4-8,10-11,13-14,16-17,19-20,22-23,27-34,36-37,39-40,42-43,45,47-48,50-53H2,1-3H3,(H,64,71)/b12-9+,18-15+,24-21-,26-25+,38-35-,44-41+,49-46+. The number of aliphatic hydroxyl groups is 5. The predicted molar refractivity (Wildman–Crippen MR) is 306 cm³/mol. The zero-order chi connectivity index (χ0) is 54.0. The molecule has 0 aliphatic carbocycles. The minimum Gasteiger partial charge on any atom is -0.454 e. The summed E-state index contributed by atoms with van der Waals surface area (Å²) in [5.41, 5.74) is 0. The van der Waals surface area contributed by atoms with Crippen LogP contribution >= 0.6 is 0 Å². The summed E-state index contributed by atoms with van der Waals surface area (Å²) < 4.78 is 17.6. The fourth-order valence-electron chi connectivity index (χ4n) is 8.91. The van der Waals surface area contributed by atoms with E-state index in [1.54, 1.807) is 6.08 Å². The molecule has 0 saturated carbocycles. The summed E-state index contributed by atoms with van der Waals surface area (Å²) >= 11 is 0. The summed E-state index contributed by atoms with van der Waals surface area (Å²) in [6, 6.07) is -1.06. The Kier molecular flexibility index (Phi) is 47.1. The van der Waals surface area contributed by atoms with E-state index in [0.717, 1.165) is 51.4 Å². The van der Waals surface area contributed by atoms with E-state index in [1.165, 1.54) is 141 Å². The molecular weight excluding hydrogens is 931 g/mol. The largest absolute Gasteiger partial charge is 0.454 e. The van der Waals surface area contributed by atoms with Gasteiger partial charge in [0.25, 0.3) is 0 Å². The number of amides is 1. The van der Waals surface area contributed by atoms with Crippen molar-refractivity contribution in [3.8, 4) is 0 Å². The van der Waals surface area contributed by atoms with Crippen molar-refractivity contribution in [1.29, 1.82) is 0 Å². The minimum absolute atomic E-state index is 0.111. The lowest BCUT2D eigenvalue weighted by atomic mass is 9.99. The van der Waals surface area contributed by atoms with E-state index in [9.17, 15) is 35.1 Å². The van der Waals surface area contributed by atoms with Crippen LogP contribution in [0.15, 0.2) is 85.1 Å². The molecular formula is C63H109NO10. The molecule has 426 valence electrons. The third-order valence-corrected chi connectivity index (χ3v) is 13.7. The minimum atomic E-state index is -1.63. The average Bonchev–Trinajstić information content (AvgIpc) is 3.40. The maximum Gasteiger partial charge on any atom is 0.306 e. The Morgan fingerprint density at radius 1 is 0.541 bits per heavy atom. The quantitative estimate of drug-likeness (QED) is 0.0149. The number of nitrogens with one attached hydrogen (secondary N) is 1. The van der Waals surface area contributed by atoms with Crippen LogP contribution in [0.2, 0.25) is 0 Å². The maximum absolute atomic E-state index is 13.3. The van der Waals surface area contributed by atoms with Crippen LogP contribution in [0.5, 0.6) is 0 Å². The second-order valence-corrected chi connectivity index (χ2v) is 20.5. The smallest absolute Gasteiger partial charge is 0.306 e. The van der Waals surface area contributed by atoms with Gasteiger partial charge in [0.2, 0.25) is 5.91 Å². The van der Waals surface area contributed by atoms with E-state index in [1.807, 2.05) is 60.8 Å². The first-order valence-electron chi connectivity index (χ1n) is 29.9. The van der Waals surface area contributed by atoms with Gasteiger partial charge >= 0.3 is 5.97 Å². The number of unbranched alkanes of at least 4 members (excludes halogenated alkanes) is 27. The fourth-order valence-corrected chi connectivity index (χ4v) is 8.91. The van der Waals surface area contributed by atoms with Crippen molar-refractivity contribution >= 4 is 11.9 Å². The molecule has 0 bridgehead atoms. The summed E-state index contributed by atoms with van der Waals surface area (Å²) in [5.74, 6) is -1.28. The Balaban J connectivity index is 2.69. The van der Waals surface area contributed by atoms with Crippen molar-refractivity contribution in [3.63, 3.8) is 0 Å². The second kappa shape index (κ2) is 50.6. The van der Waals surface area contributed by atoms with Crippen LogP contribution in [0.1, 0.15) is 239 Å². The molecule has 0 aromatic rings. The fraction of sp³-hybridized carbons (Fsp3) is 0.746. The van der Waals surface area contributed by atoms with Crippen LogP contribution in [0, 0.1) is 0 Å². The molecule has 1 aliphatic heterocycles. The van der Waals surface area contributed by atoms with Crippen molar-refractivity contribution in [2.45, 2.75) is 288 Å². The molecule has 1 aliphatic rings. The van der Waals surface area contributed by atoms with Crippen LogP contribution < -0.4 is 5.32 Å². The first-order chi connectivity index (χ1) is 36.2. The number of aliphatic hydroxyl groups excluding tert-OH is 5. The number of carbonyl (C=O) groups excluding carboxylic acids is 2. The third-order valence-electron chi connectivity index (χ3n) is 13.7. The molecule has 1 fully saturated rings. The molecule has 0 spiro atoms. The van der Waals surface area contributed by atoms with E-state index in [-0.39, 0.29) is 19.4 Å². The Labute approximate surface area is 451 Å². The molecule has 0 aromatic carbocycles. The van der Waals surface area contributed by atoms with Gasteiger partial charge in [0.1, 0.15) is 24.4 Å². The summed E-state index contributed by atoms with van der Waals surface area (Å²) in [6.07, 6.45) is 55.1. The molecule has 8 unspecified atom stereocenters. The monoisotopic (exact) mass is 1040 g/mol. The van der Waals surface area contributed by atoms with E-state index in [2.05, 4.69) is 44.3 Å². The second-order valence-electron chi connectivity index (χ2n) is 20.5. The van der Waals surface area contributed by atoms with Crippen molar-refractivity contribution in [2.75, 3.05) is 13.2 Å². The van der Waals surface area contributed by atoms with Gasteiger partial charge in [-0.15, -0.1) is 0 Å². The van der Waals surface area contributed by atoms with Gasteiger partial charge in [0.15, 0.2) is 12.4 Å². The van der Waals surface area contributed by atoms with Gasteiger partial charge in [0, 0.05) is 6.42 Å². The highest BCUT2D eigenvalue weighted by molar-refractivity contribution is 5.80. The number of rotatable bonds is 49. The third kappa shape index (κ3) is 38.4. The van der Waals surface area contributed by atoms with Crippen LogP contribution in [0.4, 0.5) is 0 Å². The zero-order valence-corrected chi connectivity index (χ0v) is 46.9. The van der Waals surface area contributed by atoms with Crippen LogP contribution in [-0.4, -0.2) is 99.6 Å². The first kappa shape index (κ1) is 68.9. The van der Waals surface area contributed by atoms with Crippen molar-refractivity contribution in [3.05, 3.63) is 85.1 Å². The molecule has 1 rings (SSSR count). The van der Waals surface area contributed by atoms with Crippen LogP contribution in [-0.2, 0) is 23.8 Å². The molecule has 1 heterocycles. The number of carbonyl (C=O) groups is 2. The van der Waals surface area contributed by atoms with Crippen LogP contribution in [0.3, 0.4) is 0 Å². The summed E-state index contributed by atoms with van der Waals surface area (Å²) in [6.45, 7) is 5.58. The molecule has 11 heteroatoms. The van der Waals surface area contributed by atoms with Gasteiger partial charge in [-0.3, -0.25) is 9.59 Å². The number of hydrogen-bond acceptors (Lipinski definition) is 10. The lowest BCUT2D eigenvalue weighted by molar-refractivity contribution is -0.305. The Hall–Kier alpha value is -3.16. The number of hydrogen-bond donors (Lipinski definition) is 6. The van der Waals surface area contributed by atoms with Gasteiger partial charge in [-0.1, -0.05) is 254 Å². The van der Waals surface area contributed by atoms with Gasteiger partial charge in [-0.2, -0.15) is 0 Å². The molecule has 0 aromatic heterocycles. The highest BCUT2D eigenvalue weighted by Crippen LogP contribution is 2.26. The van der Waals surface area contributed by atoms with E-state index >= 15 is 0 Å². The molecule has 8 atom stereocenters. The zero-order valence-electron chi connectivity index (χ0n) is 46.9. The highest BCUT2D eigenvalue weighted by Gasteiger charge is 2.47. The van der Waals surface area contributed by atoms with Gasteiger partial charge in [-0.05, 0) is 64.2 Å². The lowest BCUT2D eigenvalue weighted by Gasteiger charge is -2.41. The maximum atomic E-state index is 13.3. The van der Waals surface area contributed by atoms with Gasteiger partial charge in [0.05, 0.1) is 25.4 Å². The molecule has 6 N–H and O–H groups in total. The Morgan fingerprint density at radius 2 is 0.986 bits per heavy atom. The molecule has 0 radical (unpaired) electrons. The lowest BCUT2D eigenvalue weighted by Crippen LogP contribution is -2.61. The summed E-state index contributed by atoms with van der Waals surface area (Å²) in [5, 5.41) is 56.7. The SMILES string of the molecule is CC/C=C/C=C/C=C\C=C/C=C/CCC(O)C(=O)NC(COC1OC(CO)C(O)C(O)C1OC(=O)CCCCCCCCCCCCC/C=C/CCCCCCCC)C(O)/C=C/CCCCCCCCCCCC. The molecule has 1 amide bonds. The molecule has 1 saturated heterocycles. The summed E-state index contributed by atoms with van der Waals surface area (Å²) in [7, 11) is 0. The van der Waals surface area contributed by atoms with Crippen molar-refractivity contribution in [1.82, 2.24) is 5.32 Å². The first-order valence-corrected chi connectivity index (χ1v) is 29.9.